The highest BCUT2D eigenvalue weighted by Gasteiger charge is 2.14. The van der Waals surface area contributed by atoms with Crippen molar-refractivity contribution in [3.05, 3.63) is 34.9 Å². The molecule has 0 saturated carbocycles. The Kier molecular flexibility index (Phi) is 7.26. The Balaban J connectivity index is 0.00000324. The zero-order valence-electron chi connectivity index (χ0n) is 10.9. The molecule has 0 aliphatic heterocycles. The van der Waals surface area contributed by atoms with Crippen molar-refractivity contribution in [2.75, 3.05) is 0 Å². The fourth-order valence-corrected chi connectivity index (χ4v) is 1.73. The summed E-state index contributed by atoms with van der Waals surface area (Å²) in [5.41, 5.74) is 12.2. The van der Waals surface area contributed by atoms with Crippen LogP contribution >= 0.6 is 24.0 Å². The third-order valence-electron chi connectivity index (χ3n) is 2.39. The van der Waals surface area contributed by atoms with Gasteiger partial charge in [-0.2, -0.15) is 0 Å². The van der Waals surface area contributed by atoms with E-state index in [1.165, 1.54) is 4.90 Å². The van der Waals surface area contributed by atoms with E-state index in [1.54, 1.807) is 6.07 Å². The Hall–Kier alpha value is -1.46. The van der Waals surface area contributed by atoms with Gasteiger partial charge in [0, 0.05) is 11.1 Å². The lowest BCUT2D eigenvalue weighted by Gasteiger charge is -2.25. The van der Waals surface area contributed by atoms with Gasteiger partial charge in [0.15, 0.2) is 11.9 Å². The van der Waals surface area contributed by atoms with E-state index in [-0.39, 0.29) is 30.4 Å². The Labute approximate surface area is 124 Å². The van der Waals surface area contributed by atoms with Gasteiger partial charge in [0.2, 0.25) is 0 Å². The molecule has 0 amide bonds. The Morgan fingerprint density at radius 3 is 2.42 bits per heavy atom. The number of nitrogens with one attached hydrogen (secondary N) is 1. The number of benzene rings is 1. The van der Waals surface area contributed by atoms with E-state index in [0.717, 1.165) is 5.56 Å². The van der Waals surface area contributed by atoms with Crippen molar-refractivity contribution < 1.29 is 0 Å². The molecule has 0 atom stereocenters. The van der Waals surface area contributed by atoms with E-state index >= 15 is 0 Å². The zero-order valence-corrected chi connectivity index (χ0v) is 12.5. The van der Waals surface area contributed by atoms with Gasteiger partial charge in [-0.25, -0.2) is 4.99 Å². The van der Waals surface area contributed by atoms with Crippen LogP contribution in [0.25, 0.3) is 0 Å². The summed E-state index contributed by atoms with van der Waals surface area (Å²) in [7, 11) is 0. The minimum Gasteiger partial charge on any atom is -0.370 e. The molecule has 0 spiro atoms. The highest BCUT2D eigenvalue weighted by molar-refractivity contribution is 6.31. The molecule has 0 aliphatic carbocycles. The first-order chi connectivity index (χ1) is 8.43. The molecule has 1 aromatic rings. The van der Waals surface area contributed by atoms with Crippen LogP contribution in [0.1, 0.15) is 19.4 Å². The molecule has 0 saturated heterocycles. The lowest BCUT2D eigenvalue weighted by atomic mass is 10.2. The van der Waals surface area contributed by atoms with Gasteiger partial charge in [0.1, 0.15) is 0 Å². The number of aliphatic imine (C=N–C) groups is 1. The minimum absolute atomic E-state index is 0. The number of guanidine groups is 2. The molecule has 0 heterocycles. The van der Waals surface area contributed by atoms with E-state index in [1.807, 2.05) is 32.0 Å². The van der Waals surface area contributed by atoms with E-state index < -0.39 is 0 Å². The Bertz CT molecular complexity index is 459. The predicted molar refractivity (Wildman–Crippen MR) is 82.9 cm³/mol. The maximum absolute atomic E-state index is 7.45. The molecular weight excluding hydrogens is 285 g/mol. The van der Waals surface area contributed by atoms with Crippen LogP contribution in [0.3, 0.4) is 0 Å². The van der Waals surface area contributed by atoms with Crippen molar-refractivity contribution in [2.45, 2.75) is 26.4 Å². The molecule has 0 radical (unpaired) electrons. The van der Waals surface area contributed by atoms with Crippen molar-refractivity contribution in [2.24, 2.45) is 16.5 Å². The molecular formula is C12H19Cl2N5. The minimum atomic E-state index is -0.120. The summed E-state index contributed by atoms with van der Waals surface area (Å²) < 4.78 is 0. The second-order valence-corrected chi connectivity index (χ2v) is 4.52. The van der Waals surface area contributed by atoms with Gasteiger partial charge in [-0.1, -0.05) is 29.8 Å². The molecule has 0 aliphatic rings. The van der Waals surface area contributed by atoms with Crippen LogP contribution in [-0.2, 0) is 6.54 Å². The van der Waals surface area contributed by atoms with Crippen LogP contribution in [-0.4, -0.2) is 22.9 Å². The Morgan fingerprint density at radius 1 is 1.37 bits per heavy atom. The molecule has 1 aromatic carbocycles. The van der Waals surface area contributed by atoms with Gasteiger partial charge < -0.3 is 11.5 Å². The summed E-state index contributed by atoms with van der Waals surface area (Å²) in [6.07, 6.45) is 0. The highest BCUT2D eigenvalue weighted by Crippen LogP contribution is 2.15. The van der Waals surface area contributed by atoms with Crippen LogP contribution < -0.4 is 11.5 Å². The third-order valence-corrected chi connectivity index (χ3v) is 2.76. The Morgan fingerprint density at radius 2 is 1.95 bits per heavy atom. The summed E-state index contributed by atoms with van der Waals surface area (Å²) >= 11 is 6.02. The summed E-state index contributed by atoms with van der Waals surface area (Å²) in [6.45, 7) is 4.14. The van der Waals surface area contributed by atoms with Crippen LogP contribution in [0, 0.1) is 5.41 Å². The fraction of sp³-hybridized carbons (Fsp3) is 0.333. The second-order valence-electron chi connectivity index (χ2n) is 4.11. The van der Waals surface area contributed by atoms with Gasteiger partial charge in [-0.05, 0) is 25.5 Å². The summed E-state index contributed by atoms with van der Waals surface area (Å²) in [6, 6.07) is 7.41. The highest BCUT2D eigenvalue weighted by atomic mass is 35.5. The van der Waals surface area contributed by atoms with Gasteiger partial charge >= 0.3 is 0 Å². The third kappa shape index (κ3) is 4.96. The van der Waals surface area contributed by atoms with Gasteiger partial charge in [0.25, 0.3) is 0 Å². The molecule has 0 fully saturated rings. The number of halogens is 2. The summed E-state index contributed by atoms with van der Waals surface area (Å²) in [4.78, 5) is 5.67. The normalized spacial score (nSPS) is 11.1. The zero-order chi connectivity index (χ0) is 13.7. The topological polar surface area (TPSA) is 91.5 Å². The largest absolute Gasteiger partial charge is 0.370 e. The second kappa shape index (κ2) is 7.86. The predicted octanol–water partition coefficient (Wildman–Crippen LogP) is 2.18. The lowest BCUT2D eigenvalue weighted by Crippen LogP contribution is -2.49. The smallest absolute Gasteiger partial charge is 0.198 e. The van der Waals surface area contributed by atoms with Crippen LogP contribution in [0.15, 0.2) is 29.3 Å². The number of nitrogens with two attached hydrogens (primary N) is 2. The average Bonchev–Trinajstić information content (AvgIpc) is 2.27. The molecule has 5 N–H and O–H groups in total. The van der Waals surface area contributed by atoms with Crippen LogP contribution in [0.2, 0.25) is 5.02 Å². The number of hydrogen-bond acceptors (Lipinski definition) is 2. The van der Waals surface area contributed by atoms with Crippen LogP contribution in [0.4, 0.5) is 0 Å². The lowest BCUT2D eigenvalue weighted by molar-refractivity contribution is 0.485. The fourth-order valence-electron chi connectivity index (χ4n) is 1.54. The van der Waals surface area contributed by atoms with E-state index in [2.05, 4.69) is 4.99 Å². The molecule has 0 bridgehead atoms. The van der Waals surface area contributed by atoms with Crippen molar-refractivity contribution >= 4 is 35.9 Å². The molecule has 1 rings (SSSR count). The van der Waals surface area contributed by atoms with E-state index in [9.17, 15) is 0 Å². The number of nitrogens with zero attached hydrogens (tertiary/aromatic N) is 2. The molecule has 106 valence electrons. The van der Waals surface area contributed by atoms with Gasteiger partial charge in [-0.3, -0.25) is 10.3 Å². The van der Waals surface area contributed by atoms with Crippen molar-refractivity contribution in [3.8, 4) is 0 Å². The monoisotopic (exact) mass is 303 g/mol. The maximum Gasteiger partial charge on any atom is 0.198 e. The van der Waals surface area contributed by atoms with Gasteiger partial charge in [0.05, 0.1) is 6.54 Å². The molecule has 19 heavy (non-hydrogen) atoms. The first-order valence-electron chi connectivity index (χ1n) is 5.60. The van der Waals surface area contributed by atoms with E-state index in [4.69, 9.17) is 28.5 Å². The molecule has 7 heteroatoms. The van der Waals surface area contributed by atoms with Crippen molar-refractivity contribution in [1.29, 1.82) is 5.41 Å². The molecule has 0 unspecified atom stereocenters. The maximum atomic E-state index is 7.45. The van der Waals surface area contributed by atoms with Crippen molar-refractivity contribution in [3.63, 3.8) is 0 Å². The van der Waals surface area contributed by atoms with E-state index in [0.29, 0.717) is 11.6 Å². The van der Waals surface area contributed by atoms with Crippen LogP contribution in [0.5, 0.6) is 0 Å². The number of rotatable bonds is 3. The average molecular weight is 304 g/mol. The number of hydrogen-bond donors (Lipinski definition) is 3. The summed E-state index contributed by atoms with van der Waals surface area (Å²) in [5.74, 6) is 0.0998. The molecule has 5 nitrogen and oxygen atoms in total. The molecule has 0 aromatic heterocycles. The first-order valence-corrected chi connectivity index (χ1v) is 5.98. The standard InChI is InChI=1S/C12H18ClN5.ClH/c1-8(2)18(11(14)15)12(16)17-7-9-5-3-4-6-10(9)13;/h3-6,8H,7H2,1-2H3,(H3,14,15)(H2,16,17);1H. The van der Waals surface area contributed by atoms with Crippen molar-refractivity contribution in [1.82, 2.24) is 4.90 Å². The first kappa shape index (κ1) is 17.5. The SMILES string of the molecule is CC(C)N(C(=N)N)C(N)=NCc1ccccc1Cl.Cl. The van der Waals surface area contributed by atoms with Gasteiger partial charge in [-0.15, -0.1) is 12.4 Å². The summed E-state index contributed by atoms with van der Waals surface area (Å²) in [5, 5.41) is 8.10. The quantitative estimate of drug-likeness (QED) is 0.590.